The van der Waals surface area contributed by atoms with Crippen LogP contribution in [-0.2, 0) is 19.1 Å². The molecule has 1 aromatic carbocycles. The van der Waals surface area contributed by atoms with Crippen LogP contribution in [0.3, 0.4) is 0 Å². The number of nitrogens with one attached hydrogen (secondary N) is 2. The number of benzene rings is 1. The minimum Gasteiger partial charge on any atom is -0.444 e. The van der Waals surface area contributed by atoms with E-state index >= 15 is 0 Å². The van der Waals surface area contributed by atoms with E-state index in [-0.39, 0.29) is 11.9 Å². The molecule has 0 radical (unpaired) electrons. The van der Waals surface area contributed by atoms with Crippen molar-refractivity contribution in [3.8, 4) is 0 Å². The largest absolute Gasteiger partial charge is 0.444 e. The van der Waals surface area contributed by atoms with Crippen LogP contribution < -0.4 is 16.4 Å². The van der Waals surface area contributed by atoms with Crippen molar-refractivity contribution in [3.63, 3.8) is 0 Å². The second-order valence-electron chi connectivity index (χ2n) is 10.3. The Kier molecular flexibility index (Phi) is 11.9. The van der Waals surface area contributed by atoms with Gasteiger partial charge < -0.3 is 26.0 Å². The Morgan fingerprint density at radius 3 is 2.28 bits per heavy atom. The quantitative estimate of drug-likeness (QED) is 0.374. The minimum absolute atomic E-state index is 0.319. The zero-order chi connectivity index (χ0) is 27.6. The van der Waals surface area contributed by atoms with Crippen LogP contribution in [0.15, 0.2) is 18.2 Å². The van der Waals surface area contributed by atoms with Gasteiger partial charge in [0.05, 0.1) is 6.42 Å². The topological polar surface area (TPSA) is 131 Å². The van der Waals surface area contributed by atoms with Crippen LogP contribution in [0.1, 0.15) is 90.0 Å². The van der Waals surface area contributed by atoms with E-state index in [4.69, 9.17) is 10.5 Å². The lowest BCUT2D eigenvalue weighted by Gasteiger charge is -2.38. The van der Waals surface area contributed by atoms with Crippen LogP contribution >= 0.6 is 0 Å². The second-order valence-corrected chi connectivity index (χ2v) is 10.3. The number of amides is 4. The van der Waals surface area contributed by atoms with Gasteiger partial charge in [0.15, 0.2) is 0 Å². The van der Waals surface area contributed by atoms with Crippen molar-refractivity contribution in [1.82, 2.24) is 15.5 Å². The van der Waals surface area contributed by atoms with Crippen LogP contribution in [0, 0.1) is 13.8 Å². The number of nitrogens with zero attached hydrogens (tertiary/aromatic N) is 1. The van der Waals surface area contributed by atoms with Gasteiger partial charge in [0.2, 0.25) is 17.7 Å². The van der Waals surface area contributed by atoms with E-state index < -0.39 is 42.0 Å². The Morgan fingerprint density at radius 2 is 1.75 bits per heavy atom. The Balaban J connectivity index is 3.58. The Hall–Kier alpha value is -3.10. The number of alkyl carbamates (subject to hydrolysis) is 1. The molecule has 202 valence electrons. The normalized spacial score (nSPS) is 13.8. The van der Waals surface area contributed by atoms with Crippen molar-refractivity contribution >= 4 is 23.8 Å². The third kappa shape index (κ3) is 9.51. The first-order chi connectivity index (χ1) is 16.7. The summed E-state index contributed by atoms with van der Waals surface area (Å²) in [6.45, 7) is 15.1. The maximum absolute atomic E-state index is 14.0. The number of ether oxygens (including phenoxy) is 1. The average molecular weight is 505 g/mol. The fourth-order valence-corrected chi connectivity index (χ4v) is 3.78. The lowest BCUT2D eigenvalue weighted by molar-refractivity contribution is -0.145. The fourth-order valence-electron chi connectivity index (χ4n) is 3.78. The van der Waals surface area contributed by atoms with E-state index in [0.717, 1.165) is 24.0 Å². The van der Waals surface area contributed by atoms with Gasteiger partial charge >= 0.3 is 6.09 Å². The fraction of sp³-hybridized carbons (Fsp3) is 0.630. The van der Waals surface area contributed by atoms with Gasteiger partial charge in [-0.1, -0.05) is 44.0 Å². The van der Waals surface area contributed by atoms with E-state index in [2.05, 4.69) is 10.6 Å². The van der Waals surface area contributed by atoms with Crippen LogP contribution in [0.4, 0.5) is 4.79 Å². The molecule has 4 N–H and O–H groups in total. The van der Waals surface area contributed by atoms with Gasteiger partial charge in [0, 0.05) is 12.6 Å². The number of hydrogen-bond acceptors (Lipinski definition) is 5. The average Bonchev–Trinajstić information content (AvgIpc) is 2.76. The molecular weight excluding hydrogens is 460 g/mol. The molecule has 0 aliphatic carbocycles. The summed E-state index contributed by atoms with van der Waals surface area (Å²) in [5.41, 5.74) is 7.11. The maximum Gasteiger partial charge on any atom is 0.408 e. The highest BCUT2D eigenvalue weighted by atomic mass is 16.6. The first-order valence-electron chi connectivity index (χ1n) is 12.7. The Labute approximate surface area is 215 Å². The van der Waals surface area contributed by atoms with Crippen molar-refractivity contribution in [2.24, 2.45) is 5.73 Å². The summed E-state index contributed by atoms with van der Waals surface area (Å²) < 4.78 is 5.31. The number of aryl methyl sites for hydroxylation is 2. The van der Waals surface area contributed by atoms with Gasteiger partial charge in [-0.15, -0.1) is 0 Å². The molecule has 0 spiro atoms. The number of carbonyl (C=O) groups is 4. The third-order valence-corrected chi connectivity index (χ3v) is 5.80. The maximum atomic E-state index is 14.0. The van der Waals surface area contributed by atoms with Gasteiger partial charge in [-0.25, -0.2) is 4.79 Å². The molecule has 1 rings (SSSR count). The van der Waals surface area contributed by atoms with Crippen molar-refractivity contribution in [3.05, 3.63) is 34.9 Å². The van der Waals surface area contributed by atoms with Crippen molar-refractivity contribution in [2.75, 3.05) is 6.54 Å². The zero-order valence-electron chi connectivity index (χ0n) is 23.1. The summed E-state index contributed by atoms with van der Waals surface area (Å²) in [7, 11) is 0. The predicted molar refractivity (Wildman–Crippen MR) is 140 cm³/mol. The minimum atomic E-state index is -1.29. The SMILES string of the molecule is CCCCNC(=O)C(c1cc(C)ccc1C)N(C(=O)C(CC(N)=O)NC(=O)OC(C)(C)C)C(C)CC. The van der Waals surface area contributed by atoms with Gasteiger partial charge in [0.1, 0.15) is 17.7 Å². The van der Waals surface area contributed by atoms with Gasteiger partial charge in [-0.05, 0) is 65.5 Å². The van der Waals surface area contributed by atoms with Gasteiger partial charge in [-0.3, -0.25) is 14.4 Å². The highest BCUT2D eigenvalue weighted by Crippen LogP contribution is 2.29. The molecule has 9 nitrogen and oxygen atoms in total. The second kappa shape index (κ2) is 13.8. The molecule has 1 aromatic rings. The molecule has 0 fully saturated rings. The predicted octanol–water partition coefficient (Wildman–Crippen LogP) is 3.66. The molecule has 0 saturated heterocycles. The third-order valence-electron chi connectivity index (χ3n) is 5.80. The summed E-state index contributed by atoms with van der Waals surface area (Å²) in [5.74, 6) is -1.66. The first kappa shape index (κ1) is 30.9. The van der Waals surface area contributed by atoms with Crippen molar-refractivity contribution < 1.29 is 23.9 Å². The molecule has 0 aliphatic rings. The molecule has 36 heavy (non-hydrogen) atoms. The molecule has 0 saturated carbocycles. The summed E-state index contributed by atoms with van der Waals surface area (Å²) in [5, 5.41) is 5.46. The van der Waals surface area contributed by atoms with Crippen LogP contribution in [0.25, 0.3) is 0 Å². The van der Waals surface area contributed by atoms with Gasteiger partial charge in [-0.2, -0.15) is 0 Å². The molecule has 0 aliphatic heterocycles. The molecule has 0 bridgehead atoms. The molecule has 4 amide bonds. The van der Waals surface area contributed by atoms with Crippen LogP contribution in [0.5, 0.6) is 0 Å². The molecule has 0 heterocycles. The number of hydrogen-bond donors (Lipinski definition) is 3. The number of unbranched alkanes of at least 4 members (excludes halogenated alkanes) is 1. The Morgan fingerprint density at radius 1 is 1.11 bits per heavy atom. The number of nitrogens with two attached hydrogens (primary N) is 1. The van der Waals surface area contributed by atoms with E-state index in [1.807, 2.05) is 52.8 Å². The molecule has 9 heteroatoms. The number of primary amides is 1. The highest BCUT2D eigenvalue weighted by Gasteiger charge is 2.39. The van der Waals surface area contributed by atoms with Crippen molar-refractivity contribution in [2.45, 2.75) is 105 Å². The summed E-state index contributed by atoms with van der Waals surface area (Å²) in [6, 6.07) is 3.13. The summed E-state index contributed by atoms with van der Waals surface area (Å²) in [6.07, 6.45) is 0.977. The van der Waals surface area contributed by atoms with E-state index in [1.165, 1.54) is 4.90 Å². The van der Waals surface area contributed by atoms with Crippen LogP contribution in [0.2, 0.25) is 0 Å². The molecule has 3 unspecified atom stereocenters. The molecular formula is C27H44N4O5. The monoisotopic (exact) mass is 504 g/mol. The van der Waals surface area contributed by atoms with E-state index in [1.54, 1.807) is 20.8 Å². The van der Waals surface area contributed by atoms with E-state index in [0.29, 0.717) is 18.5 Å². The first-order valence-corrected chi connectivity index (χ1v) is 12.7. The highest BCUT2D eigenvalue weighted by molar-refractivity contribution is 5.94. The zero-order valence-corrected chi connectivity index (χ0v) is 23.1. The summed E-state index contributed by atoms with van der Waals surface area (Å²) >= 11 is 0. The summed E-state index contributed by atoms with van der Waals surface area (Å²) in [4.78, 5) is 53.5. The smallest absolute Gasteiger partial charge is 0.408 e. The van der Waals surface area contributed by atoms with Crippen LogP contribution in [-0.4, -0.2) is 52.9 Å². The van der Waals surface area contributed by atoms with E-state index in [9.17, 15) is 19.2 Å². The lowest BCUT2D eigenvalue weighted by Crippen LogP contribution is -2.56. The lowest BCUT2D eigenvalue weighted by atomic mass is 9.94. The molecule has 3 atom stereocenters. The Bertz CT molecular complexity index is 925. The van der Waals surface area contributed by atoms with Gasteiger partial charge in [0.25, 0.3) is 0 Å². The standard InChI is InChI=1S/C27H44N4O5/c1-9-11-14-29-24(33)23(20-15-17(3)12-13-18(20)4)31(19(5)10-2)25(34)21(16-22(28)32)30-26(35)36-27(6,7)8/h12-13,15,19,21,23H,9-11,14,16H2,1-8H3,(H2,28,32)(H,29,33)(H,30,35). The number of rotatable bonds is 12. The van der Waals surface area contributed by atoms with Crippen molar-refractivity contribution in [1.29, 1.82) is 0 Å². The molecule has 0 aromatic heterocycles. The number of carbonyl (C=O) groups excluding carboxylic acids is 4.